The van der Waals surface area contributed by atoms with Gasteiger partial charge >= 0.3 is 6.36 Å². The van der Waals surface area contributed by atoms with Gasteiger partial charge in [-0.05, 0) is 72.8 Å². The molecule has 7 heteroatoms. The predicted molar refractivity (Wildman–Crippen MR) is 94.8 cm³/mol. The van der Waals surface area contributed by atoms with Crippen molar-refractivity contribution in [3.63, 3.8) is 0 Å². The van der Waals surface area contributed by atoms with Gasteiger partial charge in [-0.2, -0.15) is 0 Å². The zero-order valence-electron chi connectivity index (χ0n) is 15.7. The normalized spacial score (nSPS) is 34.7. The maximum atomic E-state index is 12.7. The van der Waals surface area contributed by atoms with E-state index < -0.39 is 11.8 Å². The molecular weight excluding hydrogens is 359 g/mol. The van der Waals surface area contributed by atoms with Gasteiger partial charge < -0.3 is 15.2 Å². The maximum Gasteiger partial charge on any atom is 0.522 e. The first-order valence-electron chi connectivity index (χ1n) is 9.40. The van der Waals surface area contributed by atoms with Crippen molar-refractivity contribution in [1.29, 1.82) is 0 Å². The summed E-state index contributed by atoms with van der Waals surface area (Å²) in [6.45, 7) is -0.252. The summed E-state index contributed by atoms with van der Waals surface area (Å²) in [4.78, 5) is 0. The molecule has 1 aromatic carbocycles. The van der Waals surface area contributed by atoms with E-state index in [-0.39, 0.29) is 12.0 Å². The first kappa shape index (κ1) is 18.7. The molecule has 4 aliphatic carbocycles. The van der Waals surface area contributed by atoms with Crippen molar-refractivity contribution >= 4 is 5.69 Å². The summed E-state index contributed by atoms with van der Waals surface area (Å²) in [5.41, 5.74) is 7.38. The van der Waals surface area contributed by atoms with Crippen LogP contribution < -0.4 is 15.2 Å². The van der Waals surface area contributed by atoms with Gasteiger partial charge in [-0.15, -0.1) is 13.2 Å². The second-order valence-electron chi connectivity index (χ2n) is 8.77. The average molecular weight is 385 g/mol. The van der Waals surface area contributed by atoms with Crippen LogP contribution in [0.4, 0.5) is 18.9 Å². The topological polar surface area (TPSA) is 53.7 Å². The van der Waals surface area contributed by atoms with E-state index in [1.165, 1.54) is 0 Å². The molecule has 4 saturated carbocycles. The molecule has 0 radical (unpaired) electrons. The van der Waals surface area contributed by atoms with Gasteiger partial charge in [0.15, 0.2) is 11.5 Å². The summed E-state index contributed by atoms with van der Waals surface area (Å²) in [5, 5.41) is 0. The van der Waals surface area contributed by atoms with E-state index in [9.17, 15) is 13.2 Å². The average Bonchev–Trinajstić information content (AvgIpc) is 2.58. The number of hydrogen-bond acceptors (Lipinski definition) is 4. The van der Waals surface area contributed by atoms with Gasteiger partial charge in [0.1, 0.15) is 0 Å². The molecule has 0 amide bonds. The van der Waals surface area contributed by atoms with Crippen LogP contribution in [0.15, 0.2) is 12.1 Å². The molecule has 2 N–H and O–H groups in total. The third-order valence-electron chi connectivity index (χ3n) is 6.85. The van der Waals surface area contributed by atoms with Gasteiger partial charge in [0.05, 0.1) is 20.8 Å². The maximum absolute atomic E-state index is 12.7. The molecule has 0 aliphatic heterocycles. The molecule has 0 saturated heterocycles. The number of ether oxygens (including phenoxy) is 3. The molecular formula is C20H26F3NO3. The Morgan fingerprint density at radius 2 is 1.63 bits per heavy atom. The van der Waals surface area contributed by atoms with Crippen molar-refractivity contribution in [3.8, 4) is 11.5 Å². The first-order valence-corrected chi connectivity index (χ1v) is 9.40. The highest BCUT2D eigenvalue weighted by atomic mass is 19.4. The van der Waals surface area contributed by atoms with Crippen LogP contribution in [0.2, 0.25) is 0 Å². The van der Waals surface area contributed by atoms with E-state index in [4.69, 9.17) is 15.2 Å². The van der Waals surface area contributed by atoms with E-state index in [0.29, 0.717) is 35.4 Å². The van der Waals surface area contributed by atoms with Gasteiger partial charge in [0.2, 0.25) is 0 Å². The number of methoxy groups -OCH3 is 2. The lowest BCUT2D eigenvalue weighted by molar-refractivity contribution is -0.339. The third kappa shape index (κ3) is 3.24. The minimum atomic E-state index is -4.58. The van der Waals surface area contributed by atoms with Crippen LogP contribution >= 0.6 is 0 Å². The summed E-state index contributed by atoms with van der Waals surface area (Å²) in [6, 6.07) is 3.70. The van der Waals surface area contributed by atoms with Crippen LogP contribution in [-0.2, 0) is 10.2 Å². The fourth-order valence-corrected chi connectivity index (χ4v) is 6.53. The molecule has 0 aromatic heterocycles. The van der Waals surface area contributed by atoms with E-state index in [2.05, 4.69) is 4.74 Å². The summed E-state index contributed by atoms with van der Waals surface area (Å²) in [6.07, 6.45) is 0.765. The number of nitrogens with two attached hydrogens (primary N) is 1. The SMILES string of the molecule is COc1cc(N)c(C23CC4CC(CC(COC(F)(F)F)(C4)C2)C3)cc1OC. The van der Waals surface area contributed by atoms with Gasteiger partial charge in [-0.25, -0.2) is 0 Å². The summed E-state index contributed by atoms with van der Waals surface area (Å²) >= 11 is 0. The van der Waals surface area contributed by atoms with Gasteiger partial charge in [-0.1, -0.05) is 0 Å². The number of halogens is 3. The van der Waals surface area contributed by atoms with Gasteiger partial charge in [0, 0.05) is 11.8 Å². The molecule has 2 atom stereocenters. The van der Waals surface area contributed by atoms with Crippen LogP contribution in [0.1, 0.15) is 44.1 Å². The largest absolute Gasteiger partial charge is 0.522 e. The number of anilines is 1. The van der Waals surface area contributed by atoms with E-state index in [1.807, 2.05) is 6.07 Å². The van der Waals surface area contributed by atoms with Crippen molar-refractivity contribution in [2.45, 2.75) is 50.3 Å². The first-order chi connectivity index (χ1) is 12.7. The highest BCUT2D eigenvalue weighted by Gasteiger charge is 2.59. The van der Waals surface area contributed by atoms with E-state index in [0.717, 1.165) is 37.7 Å². The number of nitrogen functional groups attached to an aromatic ring is 1. The third-order valence-corrected chi connectivity index (χ3v) is 6.85. The molecule has 2 unspecified atom stereocenters. The van der Waals surface area contributed by atoms with Crippen LogP contribution in [0.25, 0.3) is 0 Å². The van der Waals surface area contributed by atoms with Crippen LogP contribution in [0, 0.1) is 17.3 Å². The molecule has 1 aromatic rings. The van der Waals surface area contributed by atoms with E-state index >= 15 is 0 Å². The standard InChI is InChI=1S/C20H26F3NO3/c1-25-16-4-14(15(24)5-17(16)26-2)19-8-12-3-13(9-19)7-18(6-12,10-19)11-27-20(21,22)23/h4-5,12-13H,3,6-11,24H2,1-2H3. The Labute approximate surface area is 157 Å². The Bertz CT molecular complexity index is 720. The zero-order chi connectivity index (χ0) is 19.4. The van der Waals surface area contributed by atoms with Crippen LogP contribution in [0.3, 0.4) is 0 Å². The minimum Gasteiger partial charge on any atom is -0.493 e. The Morgan fingerprint density at radius 1 is 1.04 bits per heavy atom. The Hall–Kier alpha value is -1.63. The fourth-order valence-electron chi connectivity index (χ4n) is 6.53. The zero-order valence-corrected chi connectivity index (χ0v) is 15.7. The Kier molecular flexibility index (Phi) is 4.29. The van der Waals surface area contributed by atoms with Crippen LogP contribution in [-0.4, -0.2) is 27.2 Å². The fraction of sp³-hybridized carbons (Fsp3) is 0.700. The van der Waals surface area contributed by atoms with Crippen molar-refractivity contribution in [2.75, 3.05) is 26.6 Å². The summed E-state index contributed by atoms with van der Waals surface area (Å²) < 4.78 is 53.3. The molecule has 150 valence electrons. The molecule has 5 rings (SSSR count). The molecule has 4 aliphatic rings. The number of rotatable bonds is 5. The quantitative estimate of drug-likeness (QED) is 0.749. The highest BCUT2D eigenvalue weighted by Crippen LogP contribution is 2.66. The molecule has 4 bridgehead atoms. The second-order valence-corrected chi connectivity index (χ2v) is 8.77. The minimum absolute atomic E-state index is 0.206. The molecule has 4 fully saturated rings. The lowest BCUT2D eigenvalue weighted by atomic mass is 9.43. The van der Waals surface area contributed by atoms with Crippen molar-refractivity contribution < 1.29 is 27.4 Å². The van der Waals surface area contributed by atoms with Crippen molar-refractivity contribution in [1.82, 2.24) is 0 Å². The van der Waals surface area contributed by atoms with Crippen molar-refractivity contribution in [2.24, 2.45) is 17.3 Å². The smallest absolute Gasteiger partial charge is 0.493 e. The lowest BCUT2D eigenvalue weighted by Gasteiger charge is -2.62. The number of hydrogen-bond donors (Lipinski definition) is 1. The van der Waals surface area contributed by atoms with Gasteiger partial charge in [0.25, 0.3) is 0 Å². The second kappa shape index (κ2) is 6.19. The number of alkyl halides is 3. The van der Waals surface area contributed by atoms with E-state index in [1.54, 1.807) is 20.3 Å². The highest BCUT2D eigenvalue weighted by molar-refractivity contribution is 5.61. The molecule has 0 spiro atoms. The molecule has 0 heterocycles. The molecule has 4 nitrogen and oxygen atoms in total. The Balaban J connectivity index is 1.71. The van der Waals surface area contributed by atoms with Gasteiger partial charge in [-0.3, -0.25) is 4.74 Å². The van der Waals surface area contributed by atoms with Crippen molar-refractivity contribution in [3.05, 3.63) is 17.7 Å². The Morgan fingerprint density at radius 3 is 2.19 bits per heavy atom. The van der Waals surface area contributed by atoms with Crippen LogP contribution in [0.5, 0.6) is 11.5 Å². The number of benzene rings is 1. The molecule has 27 heavy (non-hydrogen) atoms. The lowest BCUT2D eigenvalue weighted by Crippen LogP contribution is -2.56. The monoisotopic (exact) mass is 385 g/mol. The summed E-state index contributed by atoms with van der Waals surface area (Å²) in [7, 11) is 3.14. The predicted octanol–water partition coefficient (Wildman–Crippen LogP) is 4.66. The summed E-state index contributed by atoms with van der Waals surface area (Å²) in [5.74, 6) is 2.03.